The van der Waals surface area contributed by atoms with E-state index in [1.807, 2.05) is 36.4 Å². The monoisotopic (exact) mass is 375 g/mol. The zero-order chi connectivity index (χ0) is 14.4. The average molecular weight is 375 g/mol. The van der Waals surface area contributed by atoms with Crippen molar-refractivity contribution in [2.24, 2.45) is 0 Å². The number of rotatable bonds is 5. The summed E-state index contributed by atoms with van der Waals surface area (Å²) in [5, 5.41) is 0. The first-order chi connectivity index (χ1) is 9.06. The van der Waals surface area contributed by atoms with Crippen LogP contribution in [0, 0.1) is 3.57 Å². The van der Waals surface area contributed by atoms with E-state index < -0.39 is 5.97 Å². The van der Waals surface area contributed by atoms with Crippen LogP contribution in [0.1, 0.15) is 41.0 Å². The molecule has 0 radical (unpaired) electrons. The molecule has 0 saturated carbocycles. The number of carbonyl (C=O) groups excluding carboxylic acids is 2. The Bertz CT molecular complexity index is 474. The predicted octanol–water partition coefficient (Wildman–Crippen LogP) is 2.95. The molecule has 1 amide bonds. The molecule has 0 aromatic heterocycles. The second kappa shape index (κ2) is 7.47. The minimum atomic E-state index is -0.419. The smallest absolute Gasteiger partial charge is 0.338 e. The van der Waals surface area contributed by atoms with Gasteiger partial charge in [0.25, 0.3) is 5.91 Å². The number of esters is 1. The summed E-state index contributed by atoms with van der Waals surface area (Å²) in [4.78, 5) is 25.8. The molecule has 5 heteroatoms. The van der Waals surface area contributed by atoms with E-state index in [-0.39, 0.29) is 5.91 Å². The van der Waals surface area contributed by atoms with Gasteiger partial charge in [0, 0.05) is 16.7 Å². The van der Waals surface area contributed by atoms with E-state index in [0.717, 1.165) is 6.42 Å². The van der Waals surface area contributed by atoms with Crippen LogP contribution in [-0.2, 0) is 4.74 Å². The van der Waals surface area contributed by atoms with Gasteiger partial charge in [-0.2, -0.15) is 0 Å². The van der Waals surface area contributed by atoms with Crippen molar-refractivity contribution >= 4 is 34.5 Å². The van der Waals surface area contributed by atoms with Gasteiger partial charge in [-0.25, -0.2) is 4.79 Å². The van der Waals surface area contributed by atoms with Gasteiger partial charge in [-0.05, 0) is 48.1 Å². The topological polar surface area (TPSA) is 46.6 Å². The Balaban J connectivity index is 3.13. The first kappa shape index (κ1) is 15.9. The third-order valence-electron chi connectivity index (χ3n) is 2.80. The van der Waals surface area contributed by atoms with Crippen LogP contribution in [0.2, 0.25) is 0 Å². The van der Waals surface area contributed by atoms with Crippen LogP contribution in [-0.4, -0.2) is 37.0 Å². The molecule has 0 aliphatic rings. The normalized spacial score (nSPS) is 10.1. The summed E-state index contributed by atoms with van der Waals surface area (Å²) in [5.74, 6) is -0.461. The van der Waals surface area contributed by atoms with Crippen molar-refractivity contribution in [3.05, 3.63) is 32.9 Å². The fourth-order valence-corrected chi connectivity index (χ4v) is 2.62. The van der Waals surface area contributed by atoms with Gasteiger partial charge in [0.2, 0.25) is 0 Å². The molecule has 0 heterocycles. The maximum absolute atomic E-state index is 12.4. The Labute approximate surface area is 127 Å². The second-order valence-corrected chi connectivity index (χ2v) is 5.12. The van der Waals surface area contributed by atoms with Crippen molar-refractivity contribution in [2.75, 3.05) is 20.2 Å². The van der Waals surface area contributed by atoms with Crippen molar-refractivity contribution in [3.8, 4) is 0 Å². The largest absolute Gasteiger partial charge is 0.465 e. The highest BCUT2D eigenvalue weighted by atomic mass is 127. The molecule has 0 N–H and O–H groups in total. The van der Waals surface area contributed by atoms with E-state index in [2.05, 4.69) is 0 Å². The minimum Gasteiger partial charge on any atom is -0.465 e. The first-order valence-corrected chi connectivity index (χ1v) is 7.30. The summed E-state index contributed by atoms with van der Waals surface area (Å²) in [6.07, 6.45) is 0.910. The molecule has 104 valence electrons. The van der Waals surface area contributed by atoms with Crippen molar-refractivity contribution in [3.63, 3.8) is 0 Å². The van der Waals surface area contributed by atoms with Crippen LogP contribution >= 0.6 is 22.6 Å². The number of hydrogen-bond donors (Lipinski definition) is 0. The number of amides is 1. The third kappa shape index (κ3) is 3.68. The molecule has 0 aliphatic heterocycles. The summed E-state index contributed by atoms with van der Waals surface area (Å²) in [7, 11) is 1.34. The number of carbonyl (C=O) groups is 2. The van der Waals surface area contributed by atoms with Crippen molar-refractivity contribution < 1.29 is 14.3 Å². The molecule has 0 aliphatic carbocycles. The number of ether oxygens (including phenoxy) is 1. The minimum absolute atomic E-state index is 0.0421. The van der Waals surface area contributed by atoms with Gasteiger partial charge in [0.15, 0.2) is 0 Å². The molecule has 19 heavy (non-hydrogen) atoms. The van der Waals surface area contributed by atoms with Gasteiger partial charge >= 0.3 is 5.97 Å². The fraction of sp³-hybridized carbons (Fsp3) is 0.429. The Kier molecular flexibility index (Phi) is 6.27. The first-order valence-electron chi connectivity index (χ1n) is 6.22. The van der Waals surface area contributed by atoms with E-state index >= 15 is 0 Å². The van der Waals surface area contributed by atoms with Crippen molar-refractivity contribution in [1.29, 1.82) is 0 Å². The van der Waals surface area contributed by atoms with Crippen molar-refractivity contribution in [2.45, 2.75) is 20.3 Å². The lowest BCUT2D eigenvalue weighted by atomic mass is 10.1. The summed E-state index contributed by atoms with van der Waals surface area (Å²) >= 11 is 2.02. The van der Waals surface area contributed by atoms with Gasteiger partial charge in [-0.1, -0.05) is 13.0 Å². The molecular formula is C14H18INO3. The number of nitrogens with zero attached hydrogens (tertiary/aromatic N) is 1. The molecule has 1 rings (SSSR count). The molecule has 1 aromatic rings. The van der Waals surface area contributed by atoms with Gasteiger partial charge in [0.05, 0.1) is 18.2 Å². The highest BCUT2D eigenvalue weighted by molar-refractivity contribution is 14.1. The Morgan fingerprint density at radius 1 is 1.26 bits per heavy atom. The zero-order valence-electron chi connectivity index (χ0n) is 11.4. The van der Waals surface area contributed by atoms with Gasteiger partial charge in [-0.3, -0.25) is 4.79 Å². The molecule has 0 fully saturated rings. The third-order valence-corrected chi connectivity index (χ3v) is 3.96. The molecule has 0 bridgehead atoms. The standard InChI is InChI=1S/C14H18INO3/c1-4-9-16(5-2)13(17)10-7-6-8-11(12(10)15)14(18)19-3/h6-8H,4-5,9H2,1-3H3. The fourth-order valence-electron chi connectivity index (χ4n) is 1.81. The zero-order valence-corrected chi connectivity index (χ0v) is 13.6. The van der Waals surface area contributed by atoms with Crippen molar-refractivity contribution in [1.82, 2.24) is 4.90 Å². The van der Waals surface area contributed by atoms with E-state index in [4.69, 9.17) is 4.74 Å². The van der Waals surface area contributed by atoms with Crippen LogP contribution in [0.25, 0.3) is 0 Å². The van der Waals surface area contributed by atoms with Crippen LogP contribution in [0.4, 0.5) is 0 Å². The highest BCUT2D eigenvalue weighted by Gasteiger charge is 2.20. The lowest BCUT2D eigenvalue weighted by Crippen LogP contribution is -2.32. The average Bonchev–Trinajstić information content (AvgIpc) is 2.43. The Morgan fingerprint density at radius 3 is 2.42 bits per heavy atom. The van der Waals surface area contributed by atoms with Gasteiger partial charge in [-0.15, -0.1) is 0 Å². The quantitative estimate of drug-likeness (QED) is 0.587. The highest BCUT2D eigenvalue weighted by Crippen LogP contribution is 2.20. The second-order valence-electron chi connectivity index (χ2n) is 4.04. The summed E-state index contributed by atoms with van der Waals surface area (Å²) in [6, 6.07) is 5.12. The molecule has 0 unspecified atom stereocenters. The van der Waals surface area contributed by atoms with E-state index in [9.17, 15) is 9.59 Å². The molecular weight excluding hydrogens is 357 g/mol. The van der Waals surface area contributed by atoms with Crippen LogP contribution < -0.4 is 0 Å². The Hall–Kier alpha value is -1.11. The molecule has 0 atom stereocenters. The van der Waals surface area contributed by atoms with E-state index in [1.165, 1.54) is 7.11 Å². The molecule has 1 aromatic carbocycles. The van der Waals surface area contributed by atoms with E-state index in [0.29, 0.717) is 27.8 Å². The maximum atomic E-state index is 12.4. The maximum Gasteiger partial charge on any atom is 0.338 e. The summed E-state index contributed by atoms with van der Waals surface area (Å²) < 4.78 is 5.36. The molecule has 0 spiro atoms. The van der Waals surface area contributed by atoms with E-state index in [1.54, 1.807) is 23.1 Å². The number of methoxy groups -OCH3 is 1. The van der Waals surface area contributed by atoms with Crippen LogP contribution in [0.15, 0.2) is 18.2 Å². The van der Waals surface area contributed by atoms with Gasteiger partial charge in [0.1, 0.15) is 0 Å². The van der Waals surface area contributed by atoms with Crippen LogP contribution in [0.5, 0.6) is 0 Å². The van der Waals surface area contributed by atoms with Crippen LogP contribution in [0.3, 0.4) is 0 Å². The molecule has 0 saturated heterocycles. The lowest BCUT2D eigenvalue weighted by Gasteiger charge is -2.21. The predicted molar refractivity (Wildman–Crippen MR) is 82.4 cm³/mol. The molecule has 4 nitrogen and oxygen atoms in total. The SMILES string of the molecule is CCCN(CC)C(=O)c1cccc(C(=O)OC)c1I. The number of hydrogen-bond acceptors (Lipinski definition) is 3. The number of halogens is 1. The Morgan fingerprint density at radius 2 is 1.89 bits per heavy atom. The van der Waals surface area contributed by atoms with Gasteiger partial charge < -0.3 is 9.64 Å². The summed E-state index contributed by atoms with van der Waals surface area (Å²) in [5.41, 5.74) is 0.986. The number of benzene rings is 1. The lowest BCUT2D eigenvalue weighted by molar-refractivity contribution is 0.0599. The summed E-state index contributed by atoms with van der Waals surface area (Å²) in [6.45, 7) is 5.36.